The fourth-order valence-electron chi connectivity index (χ4n) is 4.33. The van der Waals surface area contributed by atoms with E-state index in [0.29, 0.717) is 34.8 Å². The number of para-hydroxylation sites is 2. The summed E-state index contributed by atoms with van der Waals surface area (Å²) in [5.74, 6) is 0.0653. The zero-order valence-electron chi connectivity index (χ0n) is 17.1. The van der Waals surface area contributed by atoms with E-state index in [4.69, 9.17) is 0 Å². The molecule has 0 spiro atoms. The second kappa shape index (κ2) is 8.22. The molecule has 7 heteroatoms. The number of amides is 1. The maximum absolute atomic E-state index is 13.4. The zero-order valence-corrected chi connectivity index (χ0v) is 17.9. The van der Waals surface area contributed by atoms with Gasteiger partial charge in [0, 0.05) is 23.4 Å². The van der Waals surface area contributed by atoms with E-state index in [1.165, 1.54) is 0 Å². The van der Waals surface area contributed by atoms with Gasteiger partial charge in [0.05, 0.1) is 22.5 Å². The average Bonchev–Trinajstić information content (AvgIpc) is 3.10. The van der Waals surface area contributed by atoms with Crippen LogP contribution < -0.4 is 5.43 Å². The second-order valence-electron chi connectivity index (χ2n) is 7.95. The number of fused-ring (bicyclic) bond motifs is 2. The van der Waals surface area contributed by atoms with Gasteiger partial charge >= 0.3 is 0 Å². The highest BCUT2D eigenvalue weighted by molar-refractivity contribution is 7.91. The number of carbonyl (C=O) groups excluding carboxylic acids is 1. The first-order valence-electron chi connectivity index (χ1n) is 10.4. The third-order valence-corrected chi connectivity index (χ3v) is 7.64. The van der Waals surface area contributed by atoms with Gasteiger partial charge < -0.3 is 9.47 Å². The third-order valence-electron chi connectivity index (χ3n) is 5.89. The summed E-state index contributed by atoms with van der Waals surface area (Å²) in [4.78, 5) is 28.1. The minimum Gasteiger partial charge on any atom is -0.337 e. The molecule has 158 valence electrons. The van der Waals surface area contributed by atoms with Crippen LogP contribution in [-0.2, 0) is 21.2 Å². The summed E-state index contributed by atoms with van der Waals surface area (Å²) in [6.45, 7) is 2.67. The molecule has 0 radical (unpaired) electrons. The van der Waals surface area contributed by atoms with Crippen molar-refractivity contribution in [2.75, 3.05) is 18.1 Å². The molecule has 6 nitrogen and oxygen atoms in total. The zero-order chi connectivity index (χ0) is 21.3. The number of pyridine rings is 1. The molecule has 0 N–H and O–H groups in total. The molecule has 2 heterocycles. The minimum absolute atomic E-state index is 0.0358. The molecular weight excluding hydrogens is 400 g/mol. The molecule has 2 aromatic carbocycles. The Morgan fingerprint density at radius 1 is 1.07 bits per heavy atom. The molecule has 1 fully saturated rings. The van der Waals surface area contributed by atoms with Crippen molar-refractivity contribution in [3.05, 3.63) is 58.8 Å². The van der Waals surface area contributed by atoms with Gasteiger partial charge in [-0.1, -0.05) is 37.6 Å². The maximum Gasteiger partial charge on any atom is 0.242 e. The summed E-state index contributed by atoms with van der Waals surface area (Å²) in [5, 5.41) is 1.15. The highest BCUT2D eigenvalue weighted by Gasteiger charge is 2.34. The van der Waals surface area contributed by atoms with Crippen LogP contribution >= 0.6 is 0 Å². The van der Waals surface area contributed by atoms with Gasteiger partial charge in [-0.2, -0.15) is 0 Å². The lowest BCUT2D eigenvalue weighted by Gasteiger charge is -2.29. The first-order valence-corrected chi connectivity index (χ1v) is 12.2. The van der Waals surface area contributed by atoms with Crippen molar-refractivity contribution in [3.63, 3.8) is 0 Å². The SMILES string of the molecule is CCCCN(C(=O)Cn1c2ccccc2c(=O)c2ccccc21)C1CCS(=O)(=O)C1. The van der Waals surface area contributed by atoms with Crippen LogP contribution in [0.3, 0.4) is 0 Å². The number of nitrogens with zero attached hydrogens (tertiary/aromatic N) is 2. The van der Waals surface area contributed by atoms with Crippen LogP contribution in [0.15, 0.2) is 53.3 Å². The van der Waals surface area contributed by atoms with Gasteiger partial charge in [-0.05, 0) is 37.1 Å². The van der Waals surface area contributed by atoms with Crippen molar-refractivity contribution in [3.8, 4) is 0 Å². The predicted molar refractivity (Wildman–Crippen MR) is 119 cm³/mol. The summed E-state index contributed by atoms with van der Waals surface area (Å²) in [5.41, 5.74) is 1.38. The molecule has 1 atom stereocenters. The molecule has 3 aromatic rings. The van der Waals surface area contributed by atoms with E-state index in [-0.39, 0.29) is 35.4 Å². The Labute approximate surface area is 176 Å². The largest absolute Gasteiger partial charge is 0.337 e. The van der Waals surface area contributed by atoms with Gasteiger partial charge in [-0.15, -0.1) is 0 Å². The Morgan fingerprint density at radius 3 is 2.20 bits per heavy atom. The van der Waals surface area contributed by atoms with E-state index in [0.717, 1.165) is 12.8 Å². The monoisotopic (exact) mass is 426 g/mol. The highest BCUT2D eigenvalue weighted by Crippen LogP contribution is 2.22. The Hall–Kier alpha value is -2.67. The number of hydrogen-bond donors (Lipinski definition) is 0. The van der Waals surface area contributed by atoms with Gasteiger partial charge in [0.1, 0.15) is 6.54 Å². The summed E-state index contributed by atoms with van der Waals surface area (Å²) < 4.78 is 25.9. The van der Waals surface area contributed by atoms with E-state index in [1.807, 2.05) is 41.0 Å². The van der Waals surface area contributed by atoms with E-state index >= 15 is 0 Å². The normalized spacial score (nSPS) is 18.1. The number of rotatable bonds is 6. The van der Waals surface area contributed by atoms with Crippen LogP contribution in [0.1, 0.15) is 26.2 Å². The average molecular weight is 427 g/mol. The fourth-order valence-corrected chi connectivity index (χ4v) is 6.06. The van der Waals surface area contributed by atoms with Crippen LogP contribution in [0.2, 0.25) is 0 Å². The number of sulfone groups is 1. The number of aromatic nitrogens is 1. The first-order chi connectivity index (χ1) is 14.4. The summed E-state index contributed by atoms with van der Waals surface area (Å²) in [7, 11) is -3.09. The lowest BCUT2D eigenvalue weighted by Crippen LogP contribution is -2.43. The molecule has 30 heavy (non-hydrogen) atoms. The quantitative estimate of drug-likeness (QED) is 0.568. The Kier molecular flexibility index (Phi) is 5.64. The van der Waals surface area contributed by atoms with Gasteiger partial charge in [0.2, 0.25) is 5.91 Å². The van der Waals surface area contributed by atoms with Crippen molar-refractivity contribution in [2.45, 2.75) is 38.8 Å². The lowest BCUT2D eigenvalue weighted by atomic mass is 10.1. The molecule has 1 saturated heterocycles. The number of carbonyl (C=O) groups is 1. The van der Waals surface area contributed by atoms with Crippen molar-refractivity contribution < 1.29 is 13.2 Å². The van der Waals surface area contributed by atoms with Gasteiger partial charge in [-0.25, -0.2) is 8.42 Å². The molecule has 0 aliphatic carbocycles. The molecule has 1 aliphatic rings. The summed E-state index contributed by atoms with van der Waals surface area (Å²) >= 11 is 0. The maximum atomic E-state index is 13.4. The molecule has 1 amide bonds. The van der Waals surface area contributed by atoms with Crippen LogP contribution in [0.4, 0.5) is 0 Å². The Balaban J connectivity index is 1.77. The number of unbranched alkanes of at least 4 members (excludes halogenated alkanes) is 1. The lowest BCUT2D eigenvalue weighted by molar-refractivity contribution is -0.133. The number of benzene rings is 2. The molecular formula is C23H26N2O4S. The van der Waals surface area contributed by atoms with Crippen LogP contribution in [-0.4, -0.2) is 47.9 Å². The summed E-state index contributed by atoms with van der Waals surface area (Å²) in [6, 6.07) is 14.4. The molecule has 1 aromatic heterocycles. The molecule has 0 saturated carbocycles. The van der Waals surface area contributed by atoms with Crippen LogP contribution in [0, 0.1) is 0 Å². The molecule has 4 rings (SSSR count). The van der Waals surface area contributed by atoms with Crippen molar-refractivity contribution in [2.24, 2.45) is 0 Å². The fraction of sp³-hybridized carbons (Fsp3) is 0.391. The molecule has 1 aliphatic heterocycles. The molecule has 1 unspecified atom stereocenters. The van der Waals surface area contributed by atoms with Gasteiger partial charge in [-0.3, -0.25) is 9.59 Å². The summed E-state index contributed by atoms with van der Waals surface area (Å²) in [6.07, 6.45) is 2.24. The van der Waals surface area contributed by atoms with Gasteiger partial charge in [0.15, 0.2) is 15.3 Å². The van der Waals surface area contributed by atoms with E-state index in [1.54, 1.807) is 17.0 Å². The van der Waals surface area contributed by atoms with Crippen LogP contribution in [0.5, 0.6) is 0 Å². The first kappa shape index (κ1) is 20.6. The van der Waals surface area contributed by atoms with E-state index < -0.39 is 9.84 Å². The smallest absolute Gasteiger partial charge is 0.242 e. The molecule has 0 bridgehead atoms. The third kappa shape index (κ3) is 3.86. The standard InChI is InChI=1S/C23H26N2O4S/c1-2-3-13-24(17-12-14-30(28,29)16-17)22(26)15-25-20-10-6-4-8-18(20)23(27)19-9-5-7-11-21(19)25/h4-11,17H,2-3,12-16H2,1H3. The second-order valence-corrected chi connectivity index (χ2v) is 10.2. The Morgan fingerprint density at radius 2 is 1.67 bits per heavy atom. The Bertz CT molecular complexity index is 1200. The van der Waals surface area contributed by atoms with E-state index in [9.17, 15) is 18.0 Å². The highest BCUT2D eigenvalue weighted by atomic mass is 32.2. The number of hydrogen-bond acceptors (Lipinski definition) is 4. The van der Waals surface area contributed by atoms with Gasteiger partial charge in [0.25, 0.3) is 0 Å². The van der Waals surface area contributed by atoms with E-state index in [2.05, 4.69) is 6.92 Å². The predicted octanol–water partition coefficient (Wildman–Crippen LogP) is 2.97. The topological polar surface area (TPSA) is 76.5 Å². The van der Waals surface area contributed by atoms with Crippen LogP contribution in [0.25, 0.3) is 21.8 Å². The minimum atomic E-state index is -3.09. The van der Waals surface area contributed by atoms with Crippen molar-refractivity contribution in [1.29, 1.82) is 0 Å². The van der Waals surface area contributed by atoms with Crippen molar-refractivity contribution in [1.82, 2.24) is 9.47 Å². The van der Waals surface area contributed by atoms with Crippen molar-refractivity contribution >= 4 is 37.6 Å².